The summed E-state index contributed by atoms with van der Waals surface area (Å²) in [5.74, 6) is -1.33. The summed E-state index contributed by atoms with van der Waals surface area (Å²) in [7, 11) is 0. The van der Waals surface area contributed by atoms with E-state index in [2.05, 4.69) is 9.98 Å². The summed E-state index contributed by atoms with van der Waals surface area (Å²) in [6, 6.07) is 9.26. The van der Waals surface area contributed by atoms with E-state index in [9.17, 15) is 9.18 Å². The van der Waals surface area contributed by atoms with E-state index in [-0.39, 0.29) is 40.4 Å². The van der Waals surface area contributed by atoms with Crippen LogP contribution < -0.4 is 5.73 Å². The molecule has 7 nitrogen and oxygen atoms in total. The molecule has 5 atom stereocenters. The summed E-state index contributed by atoms with van der Waals surface area (Å²) in [6.07, 6.45) is 4.05. The predicted molar refractivity (Wildman–Crippen MR) is 132 cm³/mol. The quantitative estimate of drug-likeness (QED) is 0.678. The fourth-order valence-corrected chi connectivity index (χ4v) is 6.96. The normalized spacial score (nSPS) is 32.6. The first-order valence-corrected chi connectivity index (χ1v) is 12.6. The Morgan fingerprint density at radius 3 is 2.97 bits per heavy atom. The summed E-state index contributed by atoms with van der Waals surface area (Å²) < 4.78 is 35.0. The second-order valence-electron chi connectivity index (χ2n) is 9.83. The summed E-state index contributed by atoms with van der Waals surface area (Å²) >= 11 is 1.27. The molecule has 0 radical (unpaired) electrons. The minimum absolute atomic E-state index is 0.0202. The Hall–Kier alpha value is -3.29. The number of morpholine rings is 1. The number of nitriles is 1. The number of rotatable bonds is 4. The van der Waals surface area contributed by atoms with Crippen LogP contribution in [-0.2, 0) is 15.1 Å². The van der Waals surface area contributed by atoms with Gasteiger partial charge in [-0.1, -0.05) is 17.8 Å². The van der Waals surface area contributed by atoms with Gasteiger partial charge in [0.25, 0.3) is 0 Å². The standard InChI is InChI=1S/C26H23F2N5O2S/c1-25(16-8-14(2-4-17(16)27)9-18(28)19-5-3-15(12-29)13-31-19)22-11-26(22,36-24(30)32-25)23(34)33-6-7-35-21-10-20(21)33/h2-5,8-9,13,20-22H,6-7,10-11H2,1H3,(H2,30,32)/b18-9-/t20-,21+,22-,25+,26-/m0/s1. The maximum absolute atomic E-state index is 15.2. The third kappa shape index (κ3) is 3.61. The molecule has 36 heavy (non-hydrogen) atoms. The SMILES string of the molecule is C[C@]1(c2cc(/C=C(\F)c3ccc(C#N)cn3)ccc2F)N=C(N)S[C@@]2(C(=O)N3CCO[C@@H]4C[C@@H]43)C[C@H]21. The third-order valence-electron chi connectivity index (χ3n) is 7.57. The Kier molecular flexibility index (Phi) is 5.21. The van der Waals surface area contributed by atoms with Crippen molar-refractivity contribution in [3.63, 3.8) is 0 Å². The molecule has 1 aromatic heterocycles. The number of benzene rings is 1. The lowest BCUT2D eigenvalue weighted by atomic mass is 9.84. The first-order valence-electron chi connectivity index (χ1n) is 11.8. The van der Waals surface area contributed by atoms with Crippen LogP contribution in [0.3, 0.4) is 0 Å². The van der Waals surface area contributed by atoms with Crippen LogP contribution in [-0.4, -0.2) is 51.0 Å². The molecule has 2 N–H and O–H groups in total. The molecule has 184 valence electrons. The number of amides is 1. The molecule has 3 fully saturated rings. The van der Waals surface area contributed by atoms with E-state index in [4.69, 9.17) is 15.7 Å². The molecular formula is C26H23F2N5O2S. The van der Waals surface area contributed by atoms with Crippen molar-refractivity contribution >= 4 is 34.7 Å². The Bertz CT molecular complexity index is 1370. The Balaban J connectivity index is 1.32. The summed E-state index contributed by atoms with van der Waals surface area (Å²) in [4.78, 5) is 24.2. The minimum atomic E-state index is -1.07. The van der Waals surface area contributed by atoms with Crippen molar-refractivity contribution in [3.05, 3.63) is 64.7 Å². The topological polar surface area (TPSA) is 105 Å². The molecular weight excluding hydrogens is 484 g/mol. The smallest absolute Gasteiger partial charge is 0.240 e. The first-order chi connectivity index (χ1) is 17.2. The van der Waals surface area contributed by atoms with Gasteiger partial charge >= 0.3 is 0 Å². The number of ether oxygens (including phenoxy) is 1. The Morgan fingerprint density at radius 2 is 2.22 bits per heavy atom. The number of pyridine rings is 1. The maximum Gasteiger partial charge on any atom is 0.240 e. The van der Waals surface area contributed by atoms with Gasteiger partial charge in [0.1, 0.15) is 22.5 Å². The van der Waals surface area contributed by atoms with E-state index < -0.39 is 21.9 Å². The molecule has 4 aliphatic rings. The lowest BCUT2D eigenvalue weighted by Gasteiger charge is -2.37. The van der Waals surface area contributed by atoms with Crippen LogP contribution in [0, 0.1) is 23.1 Å². The lowest BCUT2D eigenvalue weighted by molar-refractivity contribution is -0.136. The molecule has 1 saturated heterocycles. The number of halogens is 2. The highest BCUT2D eigenvalue weighted by Crippen LogP contribution is 2.67. The predicted octanol–water partition coefficient (Wildman–Crippen LogP) is 3.60. The zero-order chi connectivity index (χ0) is 25.2. The van der Waals surface area contributed by atoms with Gasteiger partial charge in [0.05, 0.1) is 35.5 Å². The fourth-order valence-electron chi connectivity index (χ4n) is 5.53. The summed E-state index contributed by atoms with van der Waals surface area (Å²) in [5, 5.41) is 9.15. The van der Waals surface area contributed by atoms with Gasteiger partial charge < -0.3 is 15.4 Å². The highest BCUT2D eigenvalue weighted by atomic mass is 32.2. The van der Waals surface area contributed by atoms with Crippen LogP contribution in [0.15, 0.2) is 41.5 Å². The van der Waals surface area contributed by atoms with Gasteiger partial charge in [0.2, 0.25) is 5.91 Å². The molecule has 2 aromatic rings. The van der Waals surface area contributed by atoms with Gasteiger partial charge in [0.15, 0.2) is 5.17 Å². The van der Waals surface area contributed by atoms with Crippen molar-refractivity contribution in [3.8, 4) is 6.07 Å². The van der Waals surface area contributed by atoms with Crippen LogP contribution >= 0.6 is 11.8 Å². The van der Waals surface area contributed by atoms with Crippen LogP contribution in [0.4, 0.5) is 8.78 Å². The van der Waals surface area contributed by atoms with Gasteiger partial charge in [-0.2, -0.15) is 5.26 Å². The molecule has 1 aromatic carbocycles. The number of thioether (sulfide) groups is 1. The number of amidine groups is 1. The second kappa shape index (κ2) is 8.11. The van der Waals surface area contributed by atoms with Crippen LogP contribution in [0.25, 0.3) is 11.9 Å². The lowest BCUT2D eigenvalue weighted by Crippen LogP contribution is -2.50. The summed E-state index contributed by atoms with van der Waals surface area (Å²) in [6.45, 7) is 2.85. The fraction of sp³-hybridized carbons (Fsp3) is 0.385. The van der Waals surface area contributed by atoms with E-state index >= 15 is 4.39 Å². The van der Waals surface area contributed by atoms with Crippen LogP contribution in [0.5, 0.6) is 0 Å². The molecule has 1 amide bonds. The van der Waals surface area contributed by atoms with Crippen molar-refractivity contribution in [2.24, 2.45) is 16.6 Å². The van der Waals surface area contributed by atoms with Crippen LogP contribution in [0.2, 0.25) is 0 Å². The van der Waals surface area contributed by atoms with E-state index in [1.807, 2.05) is 11.0 Å². The monoisotopic (exact) mass is 507 g/mol. The maximum atomic E-state index is 15.2. The second-order valence-corrected chi connectivity index (χ2v) is 11.2. The molecule has 0 bridgehead atoms. The van der Waals surface area contributed by atoms with Crippen molar-refractivity contribution in [2.75, 3.05) is 13.2 Å². The van der Waals surface area contributed by atoms with E-state index in [1.165, 1.54) is 48.3 Å². The Morgan fingerprint density at radius 1 is 1.39 bits per heavy atom. The molecule has 0 spiro atoms. The molecule has 6 rings (SSSR count). The van der Waals surface area contributed by atoms with Crippen LogP contribution in [0.1, 0.15) is 42.1 Å². The van der Waals surface area contributed by atoms with Crippen molar-refractivity contribution < 1.29 is 18.3 Å². The number of aromatic nitrogens is 1. The molecule has 3 heterocycles. The van der Waals surface area contributed by atoms with Gasteiger partial charge in [-0.05, 0) is 55.7 Å². The molecule has 10 heteroatoms. The highest BCUT2D eigenvalue weighted by Gasteiger charge is 2.72. The van der Waals surface area contributed by atoms with Crippen molar-refractivity contribution in [1.29, 1.82) is 5.26 Å². The molecule has 0 unspecified atom stereocenters. The molecule has 2 aliphatic heterocycles. The Labute approximate surface area is 211 Å². The number of nitrogens with zero attached hydrogens (tertiary/aromatic N) is 4. The zero-order valence-corrected chi connectivity index (χ0v) is 20.3. The van der Waals surface area contributed by atoms with E-state index in [0.717, 1.165) is 6.42 Å². The molecule has 2 saturated carbocycles. The average Bonchev–Trinajstić information content (AvgIpc) is 3.79. The number of nitrogens with two attached hydrogens (primary N) is 1. The zero-order valence-electron chi connectivity index (χ0n) is 19.4. The van der Waals surface area contributed by atoms with Gasteiger partial charge in [0, 0.05) is 24.2 Å². The number of hydrogen-bond donors (Lipinski definition) is 1. The van der Waals surface area contributed by atoms with Crippen molar-refractivity contribution in [1.82, 2.24) is 9.88 Å². The third-order valence-corrected chi connectivity index (χ3v) is 8.86. The minimum Gasteiger partial charge on any atom is -0.378 e. The number of fused-ring (bicyclic) bond motifs is 2. The van der Waals surface area contributed by atoms with E-state index in [0.29, 0.717) is 30.7 Å². The largest absolute Gasteiger partial charge is 0.378 e. The molecule has 2 aliphatic carbocycles. The van der Waals surface area contributed by atoms with Crippen molar-refractivity contribution in [2.45, 2.75) is 42.2 Å². The average molecular weight is 508 g/mol. The van der Waals surface area contributed by atoms with Gasteiger partial charge in [-0.15, -0.1) is 0 Å². The summed E-state index contributed by atoms with van der Waals surface area (Å²) in [5.41, 5.74) is 6.24. The number of carbonyl (C=O) groups excluding carboxylic acids is 1. The highest BCUT2D eigenvalue weighted by molar-refractivity contribution is 8.15. The number of carbonyl (C=O) groups is 1. The number of hydrogen-bond acceptors (Lipinski definition) is 7. The van der Waals surface area contributed by atoms with E-state index in [1.54, 1.807) is 13.0 Å². The number of aliphatic imine (C=N–C) groups is 1. The van der Waals surface area contributed by atoms with Gasteiger partial charge in [-0.25, -0.2) is 8.78 Å². The first kappa shape index (κ1) is 23.1. The van der Waals surface area contributed by atoms with Gasteiger partial charge in [-0.3, -0.25) is 14.8 Å².